The lowest BCUT2D eigenvalue weighted by Crippen LogP contribution is -2.49. The Morgan fingerprint density at radius 1 is 1.18 bits per heavy atom. The van der Waals surface area contributed by atoms with E-state index in [1.54, 1.807) is 6.92 Å². The number of carbonyl (C=O) groups is 2. The minimum absolute atomic E-state index is 0.289. The lowest BCUT2D eigenvalue weighted by molar-refractivity contribution is -0.139. The van der Waals surface area contributed by atoms with Gasteiger partial charge in [-0.15, -0.1) is 0 Å². The van der Waals surface area contributed by atoms with Gasteiger partial charge in [0.15, 0.2) is 0 Å². The summed E-state index contributed by atoms with van der Waals surface area (Å²) in [6.07, 6.45) is 4.74. The smallest absolute Gasteiger partial charge is 0.338 e. The number of hydrogen-bond acceptors (Lipinski definition) is 4. The van der Waals surface area contributed by atoms with Gasteiger partial charge in [0, 0.05) is 18.3 Å². The van der Waals surface area contributed by atoms with E-state index in [1.165, 1.54) is 12.8 Å². The summed E-state index contributed by atoms with van der Waals surface area (Å²) in [4.78, 5) is 27.4. The van der Waals surface area contributed by atoms with Crippen molar-refractivity contribution in [1.82, 2.24) is 15.5 Å². The Labute approximate surface area is 167 Å². The van der Waals surface area contributed by atoms with E-state index in [9.17, 15) is 9.59 Å². The van der Waals surface area contributed by atoms with E-state index in [0.29, 0.717) is 30.5 Å². The van der Waals surface area contributed by atoms with Gasteiger partial charge in [-0.3, -0.25) is 4.90 Å². The van der Waals surface area contributed by atoms with Crippen LogP contribution in [0.2, 0.25) is 0 Å². The zero-order valence-corrected chi connectivity index (χ0v) is 17.0. The van der Waals surface area contributed by atoms with E-state index >= 15 is 0 Å². The molecule has 2 N–H and O–H groups in total. The summed E-state index contributed by atoms with van der Waals surface area (Å²) < 4.78 is 5.33. The maximum Gasteiger partial charge on any atom is 0.338 e. The Morgan fingerprint density at radius 2 is 1.86 bits per heavy atom. The molecule has 1 aliphatic heterocycles. The van der Waals surface area contributed by atoms with Gasteiger partial charge in [-0.1, -0.05) is 37.3 Å². The highest BCUT2D eigenvalue weighted by Gasteiger charge is 2.34. The van der Waals surface area contributed by atoms with Crippen molar-refractivity contribution in [2.75, 3.05) is 20.2 Å². The number of rotatable bonds is 6. The molecule has 0 saturated heterocycles. The molecule has 3 rings (SSSR count). The number of ether oxygens (including phenoxy) is 1. The number of nitrogens with one attached hydrogen (secondary N) is 2. The quantitative estimate of drug-likeness (QED) is 0.737. The molecule has 1 saturated carbocycles. The Bertz CT molecular complexity index is 724. The van der Waals surface area contributed by atoms with Gasteiger partial charge in [0.1, 0.15) is 0 Å². The zero-order valence-electron chi connectivity index (χ0n) is 17.0. The van der Waals surface area contributed by atoms with E-state index in [4.69, 9.17) is 4.74 Å². The average molecular weight is 386 g/mol. The van der Waals surface area contributed by atoms with Crippen LogP contribution in [0.25, 0.3) is 0 Å². The fourth-order valence-electron chi connectivity index (χ4n) is 4.15. The molecule has 28 heavy (non-hydrogen) atoms. The second-order valence-corrected chi connectivity index (χ2v) is 7.88. The zero-order chi connectivity index (χ0) is 20.1. The lowest BCUT2D eigenvalue weighted by Gasteiger charge is -2.36. The summed E-state index contributed by atoms with van der Waals surface area (Å²) in [5.74, 6) is 0.393. The van der Waals surface area contributed by atoms with Crippen molar-refractivity contribution in [3.05, 3.63) is 47.2 Å². The second kappa shape index (κ2) is 9.24. The molecular formula is C22H31N3O3. The van der Waals surface area contributed by atoms with Crippen LogP contribution < -0.4 is 10.6 Å². The van der Waals surface area contributed by atoms with Crippen LogP contribution in [0.1, 0.15) is 51.1 Å². The number of likely N-dealkylation sites (N-methyl/N-ethyl adjacent to an activating group) is 1. The number of hydrogen-bond donors (Lipinski definition) is 2. The molecule has 1 unspecified atom stereocenters. The van der Waals surface area contributed by atoms with Gasteiger partial charge in [-0.25, -0.2) is 9.59 Å². The number of urea groups is 1. The van der Waals surface area contributed by atoms with Gasteiger partial charge in [-0.05, 0) is 51.1 Å². The van der Waals surface area contributed by atoms with E-state index in [0.717, 1.165) is 24.3 Å². The fourth-order valence-corrected chi connectivity index (χ4v) is 4.15. The Morgan fingerprint density at radius 3 is 2.50 bits per heavy atom. The molecular weight excluding hydrogens is 354 g/mol. The maximum absolute atomic E-state index is 12.8. The van der Waals surface area contributed by atoms with E-state index < -0.39 is 6.04 Å². The summed E-state index contributed by atoms with van der Waals surface area (Å²) in [5.41, 5.74) is 1.99. The van der Waals surface area contributed by atoms with Crippen LogP contribution in [-0.4, -0.2) is 43.1 Å². The first-order chi connectivity index (χ1) is 13.5. The summed E-state index contributed by atoms with van der Waals surface area (Å²) in [7, 11) is 2.07. The van der Waals surface area contributed by atoms with Crippen molar-refractivity contribution >= 4 is 12.0 Å². The molecule has 6 heteroatoms. The predicted octanol–water partition coefficient (Wildman–Crippen LogP) is 3.37. The summed E-state index contributed by atoms with van der Waals surface area (Å²) in [6.45, 7) is 4.90. The number of esters is 1. The Balaban J connectivity index is 1.90. The molecule has 2 aliphatic rings. The van der Waals surface area contributed by atoms with E-state index in [-0.39, 0.29) is 12.0 Å². The van der Waals surface area contributed by atoms with Crippen molar-refractivity contribution in [1.29, 1.82) is 0 Å². The normalized spacial score (nSPS) is 25.3. The van der Waals surface area contributed by atoms with Crippen LogP contribution in [-0.2, 0) is 9.53 Å². The van der Waals surface area contributed by atoms with E-state index in [2.05, 4.69) is 29.5 Å². The van der Waals surface area contributed by atoms with E-state index in [1.807, 2.05) is 30.3 Å². The van der Waals surface area contributed by atoms with Crippen molar-refractivity contribution in [2.45, 2.75) is 51.6 Å². The van der Waals surface area contributed by atoms with Gasteiger partial charge in [0.25, 0.3) is 0 Å². The first-order valence-corrected chi connectivity index (χ1v) is 10.2. The summed E-state index contributed by atoms with van der Waals surface area (Å²) in [5, 5.41) is 5.75. The molecule has 1 aliphatic carbocycles. The van der Waals surface area contributed by atoms with Crippen molar-refractivity contribution in [2.24, 2.45) is 5.92 Å². The summed E-state index contributed by atoms with van der Waals surface area (Å²) in [6, 6.07) is 9.22. The molecule has 152 valence electrons. The third-order valence-corrected chi connectivity index (χ3v) is 5.80. The van der Waals surface area contributed by atoms with Crippen LogP contribution in [0, 0.1) is 5.92 Å². The molecule has 0 radical (unpaired) electrons. The summed E-state index contributed by atoms with van der Waals surface area (Å²) >= 11 is 0. The lowest BCUT2D eigenvalue weighted by atomic mass is 9.86. The number of nitrogens with zero attached hydrogens (tertiary/aromatic N) is 1. The molecule has 0 bridgehead atoms. The molecule has 0 aromatic heterocycles. The maximum atomic E-state index is 12.8. The molecule has 6 nitrogen and oxygen atoms in total. The number of amides is 2. The average Bonchev–Trinajstić information content (AvgIpc) is 2.68. The van der Waals surface area contributed by atoms with Crippen molar-refractivity contribution < 1.29 is 14.3 Å². The van der Waals surface area contributed by atoms with Crippen LogP contribution in [0.4, 0.5) is 4.79 Å². The molecule has 1 aromatic carbocycles. The molecule has 1 fully saturated rings. The minimum atomic E-state index is -0.510. The van der Waals surface area contributed by atoms with Crippen LogP contribution in [0.5, 0.6) is 0 Å². The van der Waals surface area contributed by atoms with Crippen LogP contribution >= 0.6 is 0 Å². The third-order valence-electron chi connectivity index (χ3n) is 5.80. The van der Waals surface area contributed by atoms with Gasteiger partial charge < -0.3 is 15.4 Å². The molecule has 1 aromatic rings. The van der Waals surface area contributed by atoms with Crippen molar-refractivity contribution in [3.63, 3.8) is 0 Å². The first kappa shape index (κ1) is 20.4. The molecule has 0 spiro atoms. The fraction of sp³-hybridized carbons (Fsp3) is 0.545. The monoisotopic (exact) mass is 385 g/mol. The van der Waals surface area contributed by atoms with Crippen LogP contribution in [0.15, 0.2) is 41.6 Å². The molecule has 2 amide bonds. The van der Waals surface area contributed by atoms with Gasteiger partial charge in [0.2, 0.25) is 0 Å². The minimum Gasteiger partial charge on any atom is -0.463 e. The standard InChI is InChI=1S/C22H31N3O3/c1-4-28-21(26)19-18(14-25(3)17-12-10-15(2)11-13-17)23-22(27)24-20(19)16-8-6-5-7-9-16/h5-9,15,17,20H,4,10-14H2,1-3H3,(H2,23,24,27). The van der Waals surface area contributed by atoms with Gasteiger partial charge >= 0.3 is 12.0 Å². The number of carbonyl (C=O) groups excluding carboxylic acids is 2. The topological polar surface area (TPSA) is 70.7 Å². The molecule has 1 heterocycles. The van der Waals surface area contributed by atoms with Gasteiger partial charge in [-0.2, -0.15) is 0 Å². The third kappa shape index (κ3) is 4.73. The molecule has 1 atom stereocenters. The van der Waals surface area contributed by atoms with Gasteiger partial charge in [0.05, 0.1) is 18.2 Å². The predicted molar refractivity (Wildman–Crippen MR) is 109 cm³/mol. The Kier molecular flexibility index (Phi) is 6.73. The second-order valence-electron chi connectivity index (χ2n) is 7.88. The largest absolute Gasteiger partial charge is 0.463 e. The van der Waals surface area contributed by atoms with Crippen molar-refractivity contribution in [3.8, 4) is 0 Å². The first-order valence-electron chi connectivity index (χ1n) is 10.2. The SMILES string of the molecule is CCOC(=O)C1=C(CN(C)C2CCC(C)CC2)NC(=O)NC1c1ccccc1. The van der Waals surface area contributed by atoms with Crippen LogP contribution in [0.3, 0.4) is 0 Å². The highest BCUT2D eigenvalue weighted by atomic mass is 16.5. The highest BCUT2D eigenvalue weighted by Crippen LogP contribution is 2.30. The Hall–Kier alpha value is -2.34. The highest BCUT2D eigenvalue weighted by molar-refractivity contribution is 5.95. The number of benzene rings is 1.